The lowest BCUT2D eigenvalue weighted by atomic mass is 10.0. The Balaban J connectivity index is 3.34. The van der Waals surface area contributed by atoms with Crippen molar-refractivity contribution in [3.63, 3.8) is 0 Å². The van der Waals surface area contributed by atoms with E-state index in [9.17, 15) is 0 Å². The molecule has 0 aliphatic rings. The van der Waals surface area contributed by atoms with Gasteiger partial charge in [-0.1, -0.05) is 26.0 Å². The second-order valence-corrected chi connectivity index (χ2v) is 1.88. The smallest absolute Gasteiger partial charge is 0.0231 e. The Morgan fingerprint density at radius 1 is 1.86 bits per heavy atom. The maximum atomic E-state index is 5.35. The molecule has 0 aromatic rings. The van der Waals surface area contributed by atoms with Crippen LogP contribution in [0.1, 0.15) is 20.3 Å². The molecule has 0 heteroatoms. The van der Waals surface area contributed by atoms with Crippen molar-refractivity contribution in [1.29, 1.82) is 0 Å². The molecule has 0 saturated heterocycles. The van der Waals surface area contributed by atoms with Crippen LogP contribution in [0, 0.1) is 19.4 Å². The number of rotatable bonds is 2. The van der Waals surface area contributed by atoms with Crippen LogP contribution in [-0.2, 0) is 0 Å². The molecule has 0 bridgehead atoms. The Morgan fingerprint density at radius 3 is 2.29 bits per heavy atom. The average Bonchev–Trinajstić information content (AvgIpc) is 1.65. The first-order valence-corrected chi connectivity index (χ1v) is 2.62. The van der Waals surface area contributed by atoms with E-state index in [1.54, 1.807) is 0 Å². The molecule has 0 aliphatic heterocycles. The first-order valence-electron chi connectivity index (χ1n) is 2.62. The van der Waals surface area contributed by atoms with Crippen molar-refractivity contribution in [2.45, 2.75) is 20.3 Å². The molecule has 40 valence electrons. The molecular weight excluding hydrogens is 84.1 g/mol. The summed E-state index contributed by atoms with van der Waals surface area (Å²) in [5.41, 5.74) is 0.794. The van der Waals surface area contributed by atoms with E-state index in [2.05, 4.69) is 20.8 Å². The lowest BCUT2D eigenvalue weighted by Crippen LogP contribution is -1.90. The van der Waals surface area contributed by atoms with Gasteiger partial charge in [-0.05, 0) is 19.3 Å². The predicted molar refractivity (Wildman–Crippen MR) is 32.6 cm³/mol. The van der Waals surface area contributed by atoms with Crippen LogP contribution in [0.3, 0.4) is 0 Å². The summed E-state index contributed by atoms with van der Waals surface area (Å²) in [5.74, 6) is 0.486. The van der Waals surface area contributed by atoms with Crippen LogP contribution in [0.25, 0.3) is 0 Å². The van der Waals surface area contributed by atoms with E-state index < -0.39 is 0 Å². The SMILES string of the molecule is [CH]=C([CH2])[C@@H](C)CC. The summed E-state index contributed by atoms with van der Waals surface area (Å²) in [6.07, 6.45) is 1.09. The minimum Gasteiger partial charge on any atom is -0.0671 e. The Labute approximate surface area is 46.2 Å². The summed E-state index contributed by atoms with van der Waals surface area (Å²) in [6, 6.07) is 0. The number of hydrogen-bond donors (Lipinski definition) is 0. The maximum absolute atomic E-state index is 5.35. The van der Waals surface area contributed by atoms with Crippen LogP contribution < -0.4 is 0 Å². The highest BCUT2D eigenvalue weighted by Gasteiger charge is 1.95. The molecule has 0 rings (SSSR count). The Kier molecular flexibility index (Phi) is 2.73. The van der Waals surface area contributed by atoms with Gasteiger partial charge in [-0.2, -0.15) is 0 Å². The quantitative estimate of drug-likeness (QED) is 0.494. The fourth-order valence-corrected chi connectivity index (χ4v) is 0.262. The van der Waals surface area contributed by atoms with Gasteiger partial charge in [0.25, 0.3) is 0 Å². The molecule has 0 aromatic heterocycles. The molecule has 0 saturated carbocycles. The van der Waals surface area contributed by atoms with Gasteiger partial charge in [-0.15, -0.1) is 0 Å². The summed E-state index contributed by atoms with van der Waals surface area (Å²) in [4.78, 5) is 0. The minimum atomic E-state index is 0.486. The lowest BCUT2D eigenvalue weighted by Gasteiger charge is -2.03. The third-order valence-electron chi connectivity index (χ3n) is 1.25. The standard InChI is InChI=1S/C7H12/c1-5-7(4)6(2)3/h2,7H,3,5H2,1,4H3/t7-/m0/s1. The molecule has 0 aromatic carbocycles. The molecule has 0 nitrogen and oxygen atoms in total. The van der Waals surface area contributed by atoms with Gasteiger partial charge in [0.2, 0.25) is 0 Å². The van der Waals surface area contributed by atoms with E-state index in [1.165, 1.54) is 0 Å². The number of allylic oxidation sites excluding steroid dienone is 1. The largest absolute Gasteiger partial charge is 0.0671 e. The zero-order valence-corrected chi connectivity index (χ0v) is 5.07. The van der Waals surface area contributed by atoms with Crippen molar-refractivity contribution in [3.8, 4) is 0 Å². The van der Waals surface area contributed by atoms with Crippen molar-refractivity contribution >= 4 is 0 Å². The van der Waals surface area contributed by atoms with E-state index >= 15 is 0 Å². The Morgan fingerprint density at radius 2 is 2.29 bits per heavy atom. The third-order valence-corrected chi connectivity index (χ3v) is 1.25. The van der Waals surface area contributed by atoms with Crippen molar-refractivity contribution < 1.29 is 0 Å². The molecule has 0 fully saturated rings. The molecule has 1 atom stereocenters. The molecule has 0 N–H and O–H groups in total. The molecule has 2 radical (unpaired) electrons. The summed E-state index contributed by atoms with van der Waals surface area (Å²) >= 11 is 0. The molecule has 0 amide bonds. The fourth-order valence-electron chi connectivity index (χ4n) is 0.262. The molecule has 0 aliphatic carbocycles. The van der Waals surface area contributed by atoms with Gasteiger partial charge in [-0.25, -0.2) is 0 Å². The second-order valence-electron chi connectivity index (χ2n) is 1.88. The molecule has 0 spiro atoms. The number of hydrogen-bond acceptors (Lipinski definition) is 0. The van der Waals surface area contributed by atoms with E-state index in [0.717, 1.165) is 12.0 Å². The highest BCUT2D eigenvalue weighted by atomic mass is 14.0. The highest BCUT2D eigenvalue weighted by molar-refractivity contribution is 4.98. The lowest BCUT2D eigenvalue weighted by molar-refractivity contribution is 0.670. The van der Waals surface area contributed by atoms with Crippen molar-refractivity contribution in [2.24, 2.45) is 5.92 Å². The maximum Gasteiger partial charge on any atom is -0.0231 e. The summed E-state index contributed by atoms with van der Waals surface area (Å²) in [6.45, 7) is 13.1. The van der Waals surface area contributed by atoms with Gasteiger partial charge < -0.3 is 0 Å². The monoisotopic (exact) mass is 96.1 g/mol. The van der Waals surface area contributed by atoms with Gasteiger partial charge in [0.15, 0.2) is 0 Å². The zero-order valence-electron chi connectivity index (χ0n) is 5.07. The molecular formula is C7H12. The molecule has 0 heterocycles. The van der Waals surface area contributed by atoms with Crippen LogP contribution in [0.15, 0.2) is 5.57 Å². The van der Waals surface area contributed by atoms with Crippen LogP contribution in [0.4, 0.5) is 0 Å². The first kappa shape index (κ1) is 6.74. The van der Waals surface area contributed by atoms with Crippen LogP contribution in [0.5, 0.6) is 0 Å². The normalized spacial score (nSPS) is 13.6. The fraction of sp³-hybridized carbons (Fsp3) is 0.571. The first-order chi connectivity index (χ1) is 3.18. The van der Waals surface area contributed by atoms with Crippen LogP contribution in [0.2, 0.25) is 0 Å². The highest BCUT2D eigenvalue weighted by Crippen LogP contribution is 2.08. The van der Waals surface area contributed by atoms with Crippen LogP contribution in [-0.4, -0.2) is 0 Å². The third kappa shape index (κ3) is 2.44. The predicted octanol–water partition coefficient (Wildman–Crippen LogP) is 2.23. The van der Waals surface area contributed by atoms with E-state index in [0.29, 0.717) is 5.92 Å². The van der Waals surface area contributed by atoms with Gasteiger partial charge in [0.1, 0.15) is 0 Å². The van der Waals surface area contributed by atoms with Gasteiger partial charge >= 0.3 is 0 Å². The van der Waals surface area contributed by atoms with E-state index in [-0.39, 0.29) is 0 Å². The van der Waals surface area contributed by atoms with Gasteiger partial charge in [0, 0.05) is 0 Å². The summed E-state index contributed by atoms with van der Waals surface area (Å²) < 4.78 is 0. The average molecular weight is 96.2 g/mol. The summed E-state index contributed by atoms with van der Waals surface area (Å²) in [7, 11) is 0. The van der Waals surface area contributed by atoms with Crippen LogP contribution >= 0.6 is 0 Å². The topological polar surface area (TPSA) is 0 Å². The Hall–Kier alpha value is -0.260. The van der Waals surface area contributed by atoms with Crippen molar-refractivity contribution in [2.75, 3.05) is 0 Å². The van der Waals surface area contributed by atoms with Gasteiger partial charge in [0.05, 0.1) is 0 Å². The molecule has 7 heavy (non-hydrogen) atoms. The van der Waals surface area contributed by atoms with E-state index in [4.69, 9.17) is 6.58 Å². The summed E-state index contributed by atoms with van der Waals surface area (Å²) in [5, 5.41) is 0. The Bertz CT molecular complexity index is 62.4. The van der Waals surface area contributed by atoms with Gasteiger partial charge in [-0.3, -0.25) is 0 Å². The van der Waals surface area contributed by atoms with Crippen molar-refractivity contribution in [1.82, 2.24) is 0 Å². The molecule has 0 unspecified atom stereocenters. The minimum absolute atomic E-state index is 0.486. The second kappa shape index (κ2) is 2.84. The van der Waals surface area contributed by atoms with Crippen molar-refractivity contribution in [3.05, 3.63) is 19.1 Å². The van der Waals surface area contributed by atoms with E-state index in [1.807, 2.05) is 0 Å². The zero-order chi connectivity index (χ0) is 5.86.